The minimum Gasteiger partial charge on any atom is -0.497 e. The molecule has 4 nitrogen and oxygen atoms in total. The normalized spacial score (nSPS) is 10.0. The number of carbonyl (C=O) groups is 1. The van der Waals surface area contributed by atoms with Crippen molar-refractivity contribution >= 4 is 5.91 Å². The van der Waals surface area contributed by atoms with E-state index in [1.54, 1.807) is 26.4 Å². The zero-order chi connectivity index (χ0) is 15.2. The van der Waals surface area contributed by atoms with E-state index in [4.69, 9.17) is 9.47 Å². The van der Waals surface area contributed by atoms with E-state index in [-0.39, 0.29) is 5.91 Å². The maximum atomic E-state index is 12.1. The van der Waals surface area contributed by atoms with Crippen LogP contribution in [0.15, 0.2) is 42.5 Å². The fraction of sp³-hybridized carbons (Fsp3) is 0.235. The average Bonchev–Trinajstić information content (AvgIpc) is 2.53. The Hall–Kier alpha value is -2.49. The van der Waals surface area contributed by atoms with Crippen LogP contribution in [0.25, 0.3) is 0 Å². The number of hydrogen-bond donors (Lipinski definition) is 1. The van der Waals surface area contributed by atoms with Crippen LogP contribution < -0.4 is 14.8 Å². The Labute approximate surface area is 124 Å². The molecular formula is C17H19NO3. The Kier molecular flexibility index (Phi) is 4.82. The van der Waals surface area contributed by atoms with Crippen molar-refractivity contribution < 1.29 is 14.3 Å². The molecule has 0 radical (unpaired) electrons. The highest BCUT2D eigenvalue weighted by Crippen LogP contribution is 2.18. The van der Waals surface area contributed by atoms with E-state index in [0.29, 0.717) is 12.1 Å². The summed E-state index contributed by atoms with van der Waals surface area (Å²) in [7, 11) is 3.24. The molecule has 4 heteroatoms. The fourth-order valence-corrected chi connectivity index (χ4v) is 2.05. The van der Waals surface area contributed by atoms with Gasteiger partial charge < -0.3 is 14.8 Å². The van der Waals surface area contributed by atoms with Gasteiger partial charge in [0, 0.05) is 12.1 Å². The summed E-state index contributed by atoms with van der Waals surface area (Å²) in [5.41, 5.74) is 2.59. The molecule has 0 saturated carbocycles. The molecular weight excluding hydrogens is 266 g/mol. The molecule has 2 aromatic carbocycles. The Morgan fingerprint density at radius 1 is 1.05 bits per heavy atom. The van der Waals surface area contributed by atoms with Crippen LogP contribution in [0.3, 0.4) is 0 Å². The van der Waals surface area contributed by atoms with Crippen LogP contribution in [0.2, 0.25) is 0 Å². The number of carbonyl (C=O) groups excluding carboxylic acids is 1. The lowest BCUT2D eigenvalue weighted by Crippen LogP contribution is -2.22. The summed E-state index contributed by atoms with van der Waals surface area (Å²) < 4.78 is 10.3. The summed E-state index contributed by atoms with van der Waals surface area (Å²) in [4.78, 5) is 12.1. The molecule has 2 aromatic rings. The van der Waals surface area contributed by atoms with E-state index in [1.165, 1.54) is 0 Å². The monoisotopic (exact) mass is 285 g/mol. The minimum atomic E-state index is -0.100. The van der Waals surface area contributed by atoms with Crippen LogP contribution in [0.5, 0.6) is 11.5 Å². The van der Waals surface area contributed by atoms with Crippen molar-refractivity contribution in [2.45, 2.75) is 13.5 Å². The molecule has 0 aliphatic heterocycles. The molecule has 0 aromatic heterocycles. The minimum absolute atomic E-state index is 0.100. The molecule has 0 atom stereocenters. The van der Waals surface area contributed by atoms with Gasteiger partial charge in [-0.1, -0.05) is 12.1 Å². The molecule has 2 rings (SSSR count). The number of amides is 1. The highest BCUT2D eigenvalue weighted by atomic mass is 16.5. The van der Waals surface area contributed by atoms with E-state index in [9.17, 15) is 4.79 Å². The van der Waals surface area contributed by atoms with Crippen molar-refractivity contribution in [1.82, 2.24) is 5.32 Å². The van der Waals surface area contributed by atoms with Crippen molar-refractivity contribution in [2.24, 2.45) is 0 Å². The number of aryl methyl sites for hydroxylation is 1. The second-order valence-electron chi connectivity index (χ2n) is 4.72. The second-order valence-corrected chi connectivity index (χ2v) is 4.72. The summed E-state index contributed by atoms with van der Waals surface area (Å²) in [6.45, 7) is 2.40. The van der Waals surface area contributed by atoms with Gasteiger partial charge in [0.15, 0.2) is 0 Å². The van der Waals surface area contributed by atoms with Crippen LogP contribution in [0.1, 0.15) is 21.5 Å². The SMILES string of the molecule is COc1ccc(CNC(=O)c2ccc(OC)c(C)c2)cc1. The van der Waals surface area contributed by atoms with Crippen molar-refractivity contribution in [3.63, 3.8) is 0 Å². The first-order chi connectivity index (χ1) is 10.1. The summed E-state index contributed by atoms with van der Waals surface area (Å²) >= 11 is 0. The van der Waals surface area contributed by atoms with Gasteiger partial charge >= 0.3 is 0 Å². The number of nitrogens with one attached hydrogen (secondary N) is 1. The van der Waals surface area contributed by atoms with Crippen LogP contribution in [0, 0.1) is 6.92 Å². The lowest BCUT2D eigenvalue weighted by Gasteiger charge is -2.09. The maximum absolute atomic E-state index is 12.1. The first kappa shape index (κ1) is 14.9. The fourth-order valence-electron chi connectivity index (χ4n) is 2.05. The van der Waals surface area contributed by atoms with Crippen LogP contribution >= 0.6 is 0 Å². The molecule has 0 heterocycles. The molecule has 0 fully saturated rings. The largest absolute Gasteiger partial charge is 0.497 e. The lowest BCUT2D eigenvalue weighted by atomic mass is 10.1. The lowest BCUT2D eigenvalue weighted by molar-refractivity contribution is 0.0951. The zero-order valence-corrected chi connectivity index (χ0v) is 12.5. The van der Waals surface area contributed by atoms with E-state index in [0.717, 1.165) is 22.6 Å². The predicted molar refractivity (Wildman–Crippen MR) is 81.9 cm³/mol. The molecule has 21 heavy (non-hydrogen) atoms. The van der Waals surface area contributed by atoms with E-state index in [1.807, 2.05) is 37.3 Å². The van der Waals surface area contributed by atoms with Gasteiger partial charge in [-0.25, -0.2) is 0 Å². The topological polar surface area (TPSA) is 47.6 Å². The predicted octanol–water partition coefficient (Wildman–Crippen LogP) is 2.94. The van der Waals surface area contributed by atoms with Crippen molar-refractivity contribution in [1.29, 1.82) is 0 Å². The third-order valence-corrected chi connectivity index (χ3v) is 3.27. The summed E-state index contributed by atoms with van der Waals surface area (Å²) in [6.07, 6.45) is 0. The van der Waals surface area contributed by atoms with E-state index in [2.05, 4.69) is 5.32 Å². The van der Waals surface area contributed by atoms with Gasteiger partial charge in [0.1, 0.15) is 11.5 Å². The Morgan fingerprint density at radius 3 is 2.33 bits per heavy atom. The summed E-state index contributed by atoms with van der Waals surface area (Å²) in [5, 5.41) is 2.90. The second kappa shape index (κ2) is 6.79. The molecule has 1 amide bonds. The number of hydrogen-bond acceptors (Lipinski definition) is 3. The van der Waals surface area contributed by atoms with Crippen molar-refractivity contribution in [3.05, 3.63) is 59.2 Å². The van der Waals surface area contributed by atoms with Gasteiger partial charge in [0.25, 0.3) is 5.91 Å². The molecule has 0 aliphatic rings. The molecule has 0 spiro atoms. The molecule has 0 saturated heterocycles. The third-order valence-electron chi connectivity index (χ3n) is 3.27. The standard InChI is InChI=1S/C17H19NO3/c1-12-10-14(6-9-16(12)21-3)17(19)18-11-13-4-7-15(20-2)8-5-13/h4-10H,11H2,1-3H3,(H,18,19). The highest BCUT2D eigenvalue weighted by Gasteiger charge is 2.07. The van der Waals surface area contributed by atoms with E-state index >= 15 is 0 Å². The molecule has 0 unspecified atom stereocenters. The van der Waals surface area contributed by atoms with Gasteiger partial charge in [-0.05, 0) is 48.4 Å². The number of methoxy groups -OCH3 is 2. The van der Waals surface area contributed by atoms with E-state index < -0.39 is 0 Å². The van der Waals surface area contributed by atoms with Gasteiger partial charge in [-0.15, -0.1) is 0 Å². The molecule has 1 N–H and O–H groups in total. The number of rotatable bonds is 5. The van der Waals surface area contributed by atoms with Gasteiger partial charge in [0.05, 0.1) is 14.2 Å². The first-order valence-corrected chi connectivity index (χ1v) is 6.70. The molecule has 110 valence electrons. The van der Waals surface area contributed by atoms with Crippen LogP contribution in [-0.2, 0) is 6.54 Å². The zero-order valence-electron chi connectivity index (χ0n) is 12.5. The Balaban J connectivity index is 1.99. The summed E-state index contributed by atoms with van der Waals surface area (Å²) in [6, 6.07) is 13.0. The maximum Gasteiger partial charge on any atom is 0.251 e. The van der Waals surface area contributed by atoms with Gasteiger partial charge in [0.2, 0.25) is 0 Å². The third kappa shape index (κ3) is 3.75. The molecule has 0 aliphatic carbocycles. The Morgan fingerprint density at radius 2 is 1.76 bits per heavy atom. The molecule has 0 bridgehead atoms. The number of benzene rings is 2. The van der Waals surface area contributed by atoms with Gasteiger partial charge in [-0.3, -0.25) is 4.79 Å². The van der Waals surface area contributed by atoms with Crippen LogP contribution in [0.4, 0.5) is 0 Å². The van der Waals surface area contributed by atoms with Crippen LogP contribution in [-0.4, -0.2) is 20.1 Å². The quantitative estimate of drug-likeness (QED) is 0.918. The Bertz CT molecular complexity index is 620. The summed E-state index contributed by atoms with van der Waals surface area (Å²) in [5.74, 6) is 1.48. The number of ether oxygens (including phenoxy) is 2. The van der Waals surface area contributed by atoms with Gasteiger partial charge in [-0.2, -0.15) is 0 Å². The van der Waals surface area contributed by atoms with Crippen molar-refractivity contribution in [3.8, 4) is 11.5 Å². The smallest absolute Gasteiger partial charge is 0.251 e. The highest BCUT2D eigenvalue weighted by molar-refractivity contribution is 5.94. The average molecular weight is 285 g/mol. The first-order valence-electron chi connectivity index (χ1n) is 6.70. The van der Waals surface area contributed by atoms with Crippen molar-refractivity contribution in [2.75, 3.05) is 14.2 Å².